The van der Waals surface area contributed by atoms with Gasteiger partial charge >= 0.3 is 0 Å². The van der Waals surface area contributed by atoms with Crippen molar-refractivity contribution in [2.24, 2.45) is 0 Å². The van der Waals surface area contributed by atoms with E-state index >= 15 is 0 Å². The molecule has 0 bridgehead atoms. The van der Waals surface area contributed by atoms with E-state index in [0.717, 1.165) is 16.0 Å². The highest BCUT2D eigenvalue weighted by Gasteiger charge is 2.06. The standard InChI is InChI=1S/C16H19BrN2S/c1-11(2)19-10-13-6-7-14(9-12(13)3)20-16-15(17)5-4-8-18-16/h4-9,11,19H,10H2,1-3H3. The van der Waals surface area contributed by atoms with Crippen molar-refractivity contribution in [2.45, 2.75) is 43.3 Å². The van der Waals surface area contributed by atoms with Gasteiger partial charge in [-0.1, -0.05) is 31.7 Å². The third kappa shape index (κ3) is 4.33. The molecular formula is C16H19BrN2S. The molecule has 0 unspecified atom stereocenters. The highest BCUT2D eigenvalue weighted by molar-refractivity contribution is 9.10. The summed E-state index contributed by atoms with van der Waals surface area (Å²) in [6.45, 7) is 7.41. The molecule has 1 N–H and O–H groups in total. The zero-order chi connectivity index (χ0) is 14.5. The predicted octanol–water partition coefficient (Wildman–Crippen LogP) is 4.80. The lowest BCUT2D eigenvalue weighted by molar-refractivity contribution is 0.587. The summed E-state index contributed by atoms with van der Waals surface area (Å²) in [5.74, 6) is 0. The molecule has 0 amide bonds. The molecule has 0 fully saturated rings. The normalized spacial score (nSPS) is 11.1. The number of halogens is 1. The van der Waals surface area contributed by atoms with Gasteiger partial charge in [-0.15, -0.1) is 0 Å². The summed E-state index contributed by atoms with van der Waals surface area (Å²) >= 11 is 5.22. The van der Waals surface area contributed by atoms with Crippen LogP contribution in [0.2, 0.25) is 0 Å². The van der Waals surface area contributed by atoms with Crippen LogP contribution in [0, 0.1) is 6.92 Å². The number of aryl methyl sites for hydroxylation is 1. The van der Waals surface area contributed by atoms with E-state index in [1.165, 1.54) is 16.0 Å². The molecule has 106 valence electrons. The van der Waals surface area contributed by atoms with E-state index in [2.05, 4.69) is 65.2 Å². The number of hydrogen-bond donors (Lipinski definition) is 1. The fraction of sp³-hybridized carbons (Fsp3) is 0.312. The first kappa shape index (κ1) is 15.5. The van der Waals surface area contributed by atoms with Crippen molar-refractivity contribution in [1.29, 1.82) is 0 Å². The van der Waals surface area contributed by atoms with Gasteiger partial charge in [0.05, 0.1) is 4.47 Å². The number of aromatic nitrogens is 1. The molecular weight excluding hydrogens is 332 g/mol. The molecule has 0 aliphatic carbocycles. The topological polar surface area (TPSA) is 24.9 Å². The van der Waals surface area contributed by atoms with Gasteiger partial charge in [-0.2, -0.15) is 0 Å². The largest absolute Gasteiger partial charge is 0.310 e. The van der Waals surface area contributed by atoms with Crippen LogP contribution >= 0.6 is 27.7 Å². The zero-order valence-electron chi connectivity index (χ0n) is 12.0. The summed E-state index contributed by atoms with van der Waals surface area (Å²) in [4.78, 5) is 5.61. The SMILES string of the molecule is Cc1cc(Sc2ncccc2Br)ccc1CNC(C)C. The van der Waals surface area contributed by atoms with Crippen LogP contribution in [0.15, 0.2) is 50.9 Å². The Hall–Kier alpha value is -0.840. The van der Waals surface area contributed by atoms with Crippen LogP contribution in [0.1, 0.15) is 25.0 Å². The van der Waals surface area contributed by atoms with Crippen molar-refractivity contribution < 1.29 is 0 Å². The minimum Gasteiger partial charge on any atom is -0.310 e. The predicted molar refractivity (Wildman–Crippen MR) is 89.2 cm³/mol. The second-order valence-corrected chi connectivity index (χ2v) is 6.93. The Morgan fingerprint density at radius 1 is 1.30 bits per heavy atom. The molecule has 1 aromatic heterocycles. The van der Waals surface area contributed by atoms with Gasteiger partial charge in [-0.25, -0.2) is 4.98 Å². The van der Waals surface area contributed by atoms with Gasteiger partial charge in [0.25, 0.3) is 0 Å². The molecule has 1 heterocycles. The molecule has 0 saturated carbocycles. The van der Waals surface area contributed by atoms with E-state index in [9.17, 15) is 0 Å². The molecule has 0 aliphatic heterocycles. The van der Waals surface area contributed by atoms with Crippen LogP contribution in [-0.4, -0.2) is 11.0 Å². The molecule has 1 aromatic carbocycles. The Labute approximate surface area is 133 Å². The Balaban J connectivity index is 2.11. The first-order valence-corrected chi connectivity index (χ1v) is 8.28. The van der Waals surface area contributed by atoms with E-state index in [-0.39, 0.29) is 0 Å². The fourth-order valence-electron chi connectivity index (χ4n) is 1.80. The minimum absolute atomic E-state index is 0.507. The lowest BCUT2D eigenvalue weighted by Gasteiger charge is -2.12. The third-order valence-electron chi connectivity index (χ3n) is 2.95. The number of rotatable bonds is 5. The fourth-order valence-corrected chi connectivity index (χ4v) is 3.17. The van der Waals surface area contributed by atoms with E-state index in [4.69, 9.17) is 0 Å². The lowest BCUT2D eigenvalue weighted by Crippen LogP contribution is -2.22. The Bertz CT molecular complexity index is 584. The van der Waals surface area contributed by atoms with Gasteiger partial charge in [0.2, 0.25) is 0 Å². The second-order valence-electron chi connectivity index (χ2n) is 5.02. The van der Waals surface area contributed by atoms with E-state index < -0.39 is 0 Å². The van der Waals surface area contributed by atoms with Crippen molar-refractivity contribution in [3.63, 3.8) is 0 Å². The molecule has 0 saturated heterocycles. The average Bonchev–Trinajstić information content (AvgIpc) is 2.40. The van der Waals surface area contributed by atoms with Crippen molar-refractivity contribution in [2.75, 3.05) is 0 Å². The molecule has 0 aliphatic rings. The zero-order valence-corrected chi connectivity index (χ0v) is 14.4. The van der Waals surface area contributed by atoms with Crippen molar-refractivity contribution in [3.8, 4) is 0 Å². The van der Waals surface area contributed by atoms with Crippen LogP contribution in [0.5, 0.6) is 0 Å². The molecule has 0 atom stereocenters. The molecule has 20 heavy (non-hydrogen) atoms. The molecule has 2 aromatic rings. The monoisotopic (exact) mass is 350 g/mol. The van der Waals surface area contributed by atoms with Crippen molar-refractivity contribution >= 4 is 27.7 Å². The summed E-state index contributed by atoms with van der Waals surface area (Å²) < 4.78 is 1.04. The maximum absolute atomic E-state index is 4.39. The minimum atomic E-state index is 0.507. The van der Waals surface area contributed by atoms with E-state index in [1.807, 2.05) is 18.3 Å². The number of nitrogens with one attached hydrogen (secondary N) is 1. The second kappa shape index (κ2) is 7.25. The van der Waals surface area contributed by atoms with Gasteiger partial charge in [-0.3, -0.25) is 0 Å². The molecule has 0 radical (unpaired) electrons. The average molecular weight is 351 g/mol. The number of benzene rings is 1. The summed E-state index contributed by atoms with van der Waals surface area (Å²) in [5.41, 5.74) is 2.67. The summed E-state index contributed by atoms with van der Waals surface area (Å²) in [6, 6.07) is 11.0. The lowest BCUT2D eigenvalue weighted by atomic mass is 10.1. The molecule has 4 heteroatoms. The van der Waals surface area contributed by atoms with Crippen LogP contribution in [-0.2, 0) is 6.54 Å². The molecule has 0 spiro atoms. The quantitative estimate of drug-likeness (QED) is 0.837. The van der Waals surface area contributed by atoms with E-state index in [0.29, 0.717) is 6.04 Å². The van der Waals surface area contributed by atoms with Crippen LogP contribution in [0.4, 0.5) is 0 Å². The Kier molecular flexibility index (Phi) is 5.64. The van der Waals surface area contributed by atoms with Gasteiger partial charge in [-0.05, 0) is 58.2 Å². The number of hydrogen-bond acceptors (Lipinski definition) is 3. The van der Waals surface area contributed by atoms with Gasteiger partial charge in [0.15, 0.2) is 0 Å². The van der Waals surface area contributed by atoms with Crippen molar-refractivity contribution in [1.82, 2.24) is 10.3 Å². The first-order chi connectivity index (χ1) is 9.56. The highest BCUT2D eigenvalue weighted by atomic mass is 79.9. The molecule has 2 nitrogen and oxygen atoms in total. The summed E-state index contributed by atoms with van der Waals surface area (Å²) in [6.07, 6.45) is 1.82. The summed E-state index contributed by atoms with van der Waals surface area (Å²) in [7, 11) is 0. The Morgan fingerprint density at radius 2 is 2.10 bits per heavy atom. The smallest absolute Gasteiger partial charge is 0.115 e. The maximum atomic E-state index is 4.39. The maximum Gasteiger partial charge on any atom is 0.115 e. The Morgan fingerprint density at radius 3 is 2.75 bits per heavy atom. The highest BCUT2D eigenvalue weighted by Crippen LogP contribution is 2.32. The summed E-state index contributed by atoms with van der Waals surface area (Å²) in [5, 5.41) is 4.45. The van der Waals surface area contributed by atoms with E-state index in [1.54, 1.807) is 11.8 Å². The van der Waals surface area contributed by atoms with Gasteiger partial charge < -0.3 is 5.32 Å². The van der Waals surface area contributed by atoms with Crippen molar-refractivity contribution in [3.05, 3.63) is 52.1 Å². The van der Waals surface area contributed by atoms with Crippen LogP contribution in [0.3, 0.4) is 0 Å². The third-order valence-corrected chi connectivity index (χ3v) is 4.86. The van der Waals surface area contributed by atoms with Gasteiger partial charge in [0, 0.05) is 23.7 Å². The molecule has 2 rings (SSSR count). The first-order valence-electron chi connectivity index (χ1n) is 6.67. The number of nitrogens with zero attached hydrogens (tertiary/aromatic N) is 1. The van der Waals surface area contributed by atoms with Crippen LogP contribution in [0.25, 0.3) is 0 Å². The number of pyridine rings is 1. The van der Waals surface area contributed by atoms with Gasteiger partial charge in [0.1, 0.15) is 5.03 Å². The van der Waals surface area contributed by atoms with Crippen LogP contribution < -0.4 is 5.32 Å².